The standard InChI is InChI=1S/C30H50O4/c1-20(9-6-16-29(3,4)34)25-14-15-26-22(10-7-17-30(25,26)5)12-13-23-19-27(32)24(11-8-18-31)28(33)21(23)2/h10,12-13,20,24-28,31-34H,6-9,11,14-19H2,1-5H3/b13-12-/t20-,24-,25-,26-,27-,28-,30-/m1/s1. The van der Waals surface area contributed by atoms with Gasteiger partial charge < -0.3 is 20.4 Å². The van der Waals surface area contributed by atoms with Gasteiger partial charge in [0, 0.05) is 12.5 Å². The lowest BCUT2D eigenvalue weighted by atomic mass is 9.62. The summed E-state index contributed by atoms with van der Waals surface area (Å²) in [5.74, 6) is 1.79. The first kappa shape index (κ1) is 27.6. The Morgan fingerprint density at radius 1 is 1.18 bits per heavy atom. The average Bonchev–Trinajstić information content (AvgIpc) is 3.12. The maximum atomic E-state index is 10.8. The van der Waals surface area contributed by atoms with Gasteiger partial charge in [-0.2, -0.15) is 0 Å². The van der Waals surface area contributed by atoms with Crippen LogP contribution in [0.1, 0.15) is 98.8 Å². The second-order valence-corrected chi connectivity index (χ2v) is 12.5. The molecule has 3 aliphatic carbocycles. The first-order valence-corrected chi connectivity index (χ1v) is 13.7. The Hall–Kier alpha value is -0.940. The summed E-state index contributed by atoms with van der Waals surface area (Å²) in [6.07, 6.45) is 15.5. The molecule has 0 unspecified atom stereocenters. The molecule has 1 fully saturated rings. The molecule has 0 aliphatic heterocycles. The molecule has 194 valence electrons. The van der Waals surface area contributed by atoms with Crippen LogP contribution in [0.25, 0.3) is 0 Å². The summed E-state index contributed by atoms with van der Waals surface area (Å²) in [5, 5.41) is 40.7. The predicted molar refractivity (Wildman–Crippen MR) is 139 cm³/mol. The lowest BCUT2D eigenvalue weighted by Crippen LogP contribution is -2.37. The second-order valence-electron chi connectivity index (χ2n) is 12.5. The maximum absolute atomic E-state index is 10.8. The van der Waals surface area contributed by atoms with Gasteiger partial charge in [-0.25, -0.2) is 0 Å². The molecule has 0 aromatic rings. The van der Waals surface area contributed by atoms with E-state index in [1.165, 1.54) is 31.3 Å². The van der Waals surface area contributed by atoms with E-state index in [-0.39, 0.29) is 12.5 Å². The molecular formula is C30H50O4. The molecule has 0 aromatic heterocycles. The topological polar surface area (TPSA) is 80.9 Å². The lowest BCUT2D eigenvalue weighted by Gasteiger charge is -2.43. The monoisotopic (exact) mass is 474 g/mol. The van der Waals surface area contributed by atoms with E-state index in [0.717, 1.165) is 36.3 Å². The lowest BCUT2D eigenvalue weighted by molar-refractivity contribution is 0.0127. The molecule has 4 N–H and O–H groups in total. The van der Waals surface area contributed by atoms with Crippen molar-refractivity contribution in [2.75, 3.05) is 6.61 Å². The largest absolute Gasteiger partial charge is 0.396 e. The number of hydrogen-bond acceptors (Lipinski definition) is 4. The molecule has 0 saturated heterocycles. The summed E-state index contributed by atoms with van der Waals surface area (Å²) < 4.78 is 0. The number of aliphatic hydroxyl groups excluding tert-OH is 3. The Morgan fingerprint density at radius 2 is 1.91 bits per heavy atom. The van der Waals surface area contributed by atoms with Gasteiger partial charge in [-0.15, -0.1) is 0 Å². The van der Waals surface area contributed by atoms with Gasteiger partial charge >= 0.3 is 0 Å². The van der Waals surface area contributed by atoms with E-state index >= 15 is 0 Å². The van der Waals surface area contributed by atoms with Crippen molar-refractivity contribution in [2.24, 2.45) is 29.1 Å². The van der Waals surface area contributed by atoms with Crippen LogP contribution >= 0.6 is 0 Å². The van der Waals surface area contributed by atoms with Crippen LogP contribution in [0.3, 0.4) is 0 Å². The fourth-order valence-electron chi connectivity index (χ4n) is 7.37. The highest BCUT2D eigenvalue weighted by Gasteiger charge is 2.49. The minimum atomic E-state index is -0.638. The number of allylic oxidation sites excluding steroid dienone is 4. The molecular weight excluding hydrogens is 424 g/mol. The Bertz CT molecular complexity index is 773. The van der Waals surface area contributed by atoms with Gasteiger partial charge in [0.2, 0.25) is 0 Å². The second kappa shape index (κ2) is 11.4. The molecule has 0 aromatic carbocycles. The maximum Gasteiger partial charge on any atom is 0.0806 e. The summed E-state index contributed by atoms with van der Waals surface area (Å²) in [6.45, 7) is 10.8. The highest BCUT2D eigenvalue weighted by atomic mass is 16.3. The Kier molecular flexibility index (Phi) is 9.28. The van der Waals surface area contributed by atoms with E-state index < -0.39 is 17.8 Å². The van der Waals surface area contributed by atoms with Crippen molar-refractivity contribution in [1.82, 2.24) is 0 Å². The van der Waals surface area contributed by atoms with Crippen LogP contribution in [-0.2, 0) is 0 Å². The molecule has 1 saturated carbocycles. The third-order valence-corrected chi connectivity index (χ3v) is 9.46. The SMILES string of the molecule is CC1=C(/C=C\C2=CCC[C@@]3(C)[C@@H]2CC[C@@H]3[C@H](C)CCCC(C)(C)O)C[C@@H](O)[C@@H](CCCO)[C@@H]1O. The average molecular weight is 475 g/mol. The quantitative estimate of drug-likeness (QED) is 0.327. The van der Waals surface area contributed by atoms with E-state index in [0.29, 0.717) is 36.5 Å². The predicted octanol–water partition coefficient (Wildman–Crippen LogP) is 5.70. The third kappa shape index (κ3) is 6.24. The summed E-state index contributed by atoms with van der Waals surface area (Å²) in [6, 6.07) is 0. The van der Waals surface area contributed by atoms with Crippen LogP contribution in [0, 0.1) is 29.1 Å². The van der Waals surface area contributed by atoms with Crippen molar-refractivity contribution in [2.45, 2.75) is 117 Å². The molecule has 0 heterocycles. The van der Waals surface area contributed by atoms with Crippen molar-refractivity contribution in [3.05, 3.63) is 34.9 Å². The smallest absolute Gasteiger partial charge is 0.0806 e. The number of fused-ring (bicyclic) bond motifs is 1. The van der Waals surface area contributed by atoms with E-state index in [9.17, 15) is 15.3 Å². The Labute approximate surface area is 207 Å². The van der Waals surface area contributed by atoms with Crippen molar-refractivity contribution in [3.8, 4) is 0 Å². The molecule has 4 heteroatoms. The van der Waals surface area contributed by atoms with E-state index in [2.05, 4.69) is 32.1 Å². The van der Waals surface area contributed by atoms with Gasteiger partial charge in [0.15, 0.2) is 0 Å². The molecule has 3 aliphatic rings. The number of rotatable bonds is 10. The first-order chi connectivity index (χ1) is 16.0. The fraction of sp³-hybridized carbons (Fsp3) is 0.800. The summed E-state index contributed by atoms with van der Waals surface area (Å²) in [7, 11) is 0. The summed E-state index contributed by atoms with van der Waals surface area (Å²) in [5.41, 5.74) is 3.22. The van der Waals surface area contributed by atoms with E-state index in [1.54, 1.807) is 0 Å². The van der Waals surface area contributed by atoms with Gasteiger partial charge in [-0.05, 0) is 112 Å². The molecule has 3 rings (SSSR count). The number of aliphatic hydroxyl groups is 4. The molecule has 7 atom stereocenters. The van der Waals surface area contributed by atoms with Crippen molar-refractivity contribution in [1.29, 1.82) is 0 Å². The highest BCUT2D eigenvalue weighted by molar-refractivity contribution is 5.37. The Balaban J connectivity index is 1.68. The van der Waals surface area contributed by atoms with Crippen molar-refractivity contribution in [3.63, 3.8) is 0 Å². The van der Waals surface area contributed by atoms with Crippen LogP contribution in [-0.4, -0.2) is 44.8 Å². The van der Waals surface area contributed by atoms with E-state index in [4.69, 9.17) is 5.11 Å². The van der Waals surface area contributed by atoms with Gasteiger partial charge in [0.05, 0.1) is 17.8 Å². The highest BCUT2D eigenvalue weighted by Crippen LogP contribution is 2.58. The van der Waals surface area contributed by atoms with Crippen molar-refractivity contribution >= 4 is 0 Å². The minimum Gasteiger partial charge on any atom is -0.396 e. The van der Waals surface area contributed by atoms with Gasteiger partial charge in [-0.3, -0.25) is 0 Å². The first-order valence-electron chi connectivity index (χ1n) is 13.7. The van der Waals surface area contributed by atoms with Gasteiger partial charge in [-0.1, -0.05) is 44.9 Å². The zero-order valence-corrected chi connectivity index (χ0v) is 22.3. The van der Waals surface area contributed by atoms with Gasteiger partial charge in [0.1, 0.15) is 0 Å². The third-order valence-electron chi connectivity index (χ3n) is 9.46. The van der Waals surface area contributed by atoms with Crippen LogP contribution in [0.2, 0.25) is 0 Å². The molecule has 34 heavy (non-hydrogen) atoms. The molecule has 0 radical (unpaired) electrons. The Morgan fingerprint density at radius 3 is 2.59 bits per heavy atom. The van der Waals surface area contributed by atoms with Crippen LogP contribution in [0.5, 0.6) is 0 Å². The normalized spacial score (nSPS) is 35.6. The van der Waals surface area contributed by atoms with Crippen LogP contribution in [0.4, 0.5) is 0 Å². The summed E-state index contributed by atoms with van der Waals surface area (Å²) >= 11 is 0. The van der Waals surface area contributed by atoms with Crippen LogP contribution < -0.4 is 0 Å². The van der Waals surface area contributed by atoms with E-state index in [1.807, 2.05) is 20.8 Å². The molecule has 0 spiro atoms. The zero-order chi connectivity index (χ0) is 25.1. The molecule has 0 bridgehead atoms. The van der Waals surface area contributed by atoms with Crippen molar-refractivity contribution < 1.29 is 20.4 Å². The fourth-order valence-corrected chi connectivity index (χ4v) is 7.37. The van der Waals surface area contributed by atoms with Crippen LogP contribution in [0.15, 0.2) is 34.9 Å². The zero-order valence-electron chi connectivity index (χ0n) is 22.3. The van der Waals surface area contributed by atoms with Gasteiger partial charge in [0.25, 0.3) is 0 Å². The summed E-state index contributed by atoms with van der Waals surface area (Å²) in [4.78, 5) is 0. The minimum absolute atomic E-state index is 0.0960. The molecule has 4 nitrogen and oxygen atoms in total. The molecule has 0 amide bonds. The number of hydrogen-bond donors (Lipinski definition) is 4.